The molecule has 0 spiro atoms. The van der Waals surface area contributed by atoms with Crippen LogP contribution in [0.15, 0.2) is 36.7 Å². The van der Waals surface area contributed by atoms with E-state index in [1.165, 1.54) is 12.8 Å². The monoisotopic (exact) mass is 441 g/mol. The average Bonchev–Trinajstić information content (AvgIpc) is 3.22. The van der Waals surface area contributed by atoms with Gasteiger partial charge in [-0.05, 0) is 44.5 Å². The molecular formula is C24H35N5O3. The van der Waals surface area contributed by atoms with Crippen molar-refractivity contribution < 1.29 is 14.6 Å². The molecule has 2 fully saturated rings. The Morgan fingerprint density at radius 3 is 2.53 bits per heavy atom. The van der Waals surface area contributed by atoms with Crippen molar-refractivity contribution >= 4 is 5.95 Å². The zero-order valence-corrected chi connectivity index (χ0v) is 19.0. The number of ether oxygens (including phenoxy) is 2. The predicted molar refractivity (Wildman–Crippen MR) is 124 cm³/mol. The van der Waals surface area contributed by atoms with Gasteiger partial charge in [-0.3, -0.25) is 4.90 Å². The van der Waals surface area contributed by atoms with Gasteiger partial charge in [-0.1, -0.05) is 6.07 Å². The summed E-state index contributed by atoms with van der Waals surface area (Å²) >= 11 is 0. The molecule has 2 aromatic rings. The van der Waals surface area contributed by atoms with Gasteiger partial charge in [0.05, 0.1) is 7.11 Å². The highest BCUT2D eigenvalue weighted by molar-refractivity contribution is 5.41. The van der Waals surface area contributed by atoms with Crippen molar-refractivity contribution in [2.24, 2.45) is 0 Å². The van der Waals surface area contributed by atoms with Gasteiger partial charge in [-0.15, -0.1) is 0 Å². The lowest BCUT2D eigenvalue weighted by Gasteiger charge is -2.24. The van der Waals surface area contributed by atoms with Crippen molar-refractivity contribution in [3.63, 3.8) is 0 Å². The van der Waals surface area contributed by atoms with E-state index in [9.17, 15) is 5.11 Å². The van der Waals surface area contributed by atoms with Gasteiger partial charge in [0.15, 0.2) is 0 Å². The van der Waals surface area contributed by atoms with Crippen LogP contribution < -0.4 is 14.4 Å². The minimum Gasteiger partial charge on any atom is -0.497 e. The molecule has 1 atom stereocenters. The third kappa shape index (κ3) is 6.31. The van der Waals surface area contributed by atoms with Crippen LogP contribution >= 0.6 is 0 Å². The van der Waals surface area contributed by atoms with Gasteiger partial charge in [0.1, 0.15) is 24.2 Å². The summed E-state index contributed by atoms with van der Waals surface area (Å²) in [7, 11) is 1.66. The van der Waals surface area contributed by atoms with E-state index < -0.39 is 6.10 Å². The summed E-state index contributed by atoms with van der Waals surface area (Å²) in [6.07, 6.45) is 6.59. The predicted octanol–water partition coefficient (Wildman–Crippen LogP) is 2.03. The van der Waals surface area contributed by atoms with Gasteiger partial charge in [0.2, 0.25) is 5.95 Å². The minimum absolute atomic E-state index is 0.287. The molecule has 2 aliphatic rings. The van der Waals surface area contributed by atoms with Gasteiger partial charge in [0, 0.05) is 63.3 Å². The third-order valence-corrected chi connectivity index (χ3v) is 6.19. The zero-order valence-electron chi connectivity index (χ0n) is 19.0. The van der Waals surface area contributed by atoms with Crippen LogP contribution in [0.5, 0.6) is 11.5 Å². The molecule has 1 aromatic carbocycles. The molecule has 4 rings (SSSR count). The Balaban J connectivity index is 1.36. The van der Waals surface area contributed by atoms with E-state index in [-0.39, 0.29) is 6.61 Å². The molecule has 8 nitrogen and oxygen atoms in total. The van der Waals surface area contributed by atoms with Crippen molar-refractivity contribution in [2.75, 3.05) is 64.4 Å². The highest BCUT2D eigenvalue weighted by Crippen LogP contribution is 2.27. The highest BCUT2D eigenvalue weighted by atomic mass is 16.5. The molecule has 3 heterocycles. The quantitative estimate of drug-likeness (QED) is 0.634. The van der Waals surface area contributed by atoms with Crippen LogP contribution in [-0.2, 0) is 6.54 Å². The van der Waals surface area contributed by atoms with Gasteiger partial charge in [-0.2, -0.15) is 0 Å². The minimum atomic E-state index is -0.496. The van der Waals surface area contributed by atoms with Gasteiger partial charge < -0.3 is 24.4 Å². The van der Waals surface area contributed by atoms with Crippen LogP contribution in [0.1, 0.15) is 24.8 Å². The summed E-state index contributed by atoms with van der Waals surface area (Å²) in [5.74, 6) is 2.35. The Labute approximate surface area is 190 Å². The van der Waals surface area contributed by atoms with Gasteiger partial charge in [0.25, 0.3) is 0 Å². The Morgan fingerprint density at radius 2 is 1.75 bits per heavy atom. The van der Waals surface area contributed by atoms with Crippen LogP contribution in [-0.4, -0.2) is 90.5 Å². The molecule has 0 amide bonds. The maximum Gasteiger partial charge on any atom is 0.225 e. The van der Waals surface area contributed by atoms with Crippen molar-refractivity contribution in [2.45, 2.75) is 31.9 Å². The molecule has 1 N–H and O–H groups in total. The standard InChI is InChI=1S/C24H35N5O3/c1-31-22-7-6-20(23(16-22)32-19-21(30)18-27-10-2-3-11-27)17-28-12-5-13-29(15-14-28)24-25-8-4-9-26-24/h4,6-9,16,21,30H,2-3,5,10-15,17-19H2,1H3. The number of likely N-dealkylation sites (tertiary alicyclic amines) is 1. The lowest BCUT2D eigenvalue weighted by atomic mass is 10.1. The van der Waals surface area contributed by atoms with Crippen molar-refractivity contribution in [1.29, 1.82) is 0 Å². The van der Waals surface area contributed by atoms with Gasteiger partial charge in [-0.25, -0.2) is 9.97 Å². The van der Waals surface area contributed by atoms with E-state index in [1.54, 1.807) is 19.5 Å². The van der Waals surface area contributed by atoms with Crippen LogP contribution in [0, 0.1) is 0 Å². The first-order valence-corrected chi connectivity index (χ1v) is 11.7. The third-order valence-electron chi connectivity index (χ3n) is 6.19. The summed E-state index contributed by atoms with van der Waals surface area (Å²) in [4.78, 5) is 15.8. The average molecular weight is 442 g/mol. The summed E-state index contributed by atoms with van der Waals surface area (Å²) < 4.78 is 11.5. The number of β-amino-alcohol motifs (C(OH)–C–C–N with tert-alkyl or cyclic N) is 1. The SMILES string of the molecule is COc1ccc(CN2CCCN(c3ncccn3)CC2)c(OCC(O)CN2CCCC2)c1. The Hall–Kier alpha value is -2.42. The molecule has 1 unspecified atom stereocenters. The Kier molecular flexibility index (Phi) is 8.14. The molecule has 32 heavy (non-hydrogen) atoms. The van der Waals surface area contributed by atoms with Crippen molar-refractivity contribution in [3.8, 4) is 11.5 Å². The topological polar surface area (TPSA) is 74.2 Å². The fraction of sp³-hybridized carbons (Fsp3) is 0.583. The summed E-state index contributed by atoms with van der Waals surface area (Å²) in [5, 5.41) is 10.5. The van der Waals surface area contributed by atoms with Gasteiger partial charge >= 0.3 is 0 Å². The number of methoxy groups -OCH3 is 1. The lowest BCUT2D eigenvalue weighted by Crippen LogP contribution is -2.34. The highest BCUT2D eigenvalue weighted by Gasteiger charge is 2.20. The second kappa shape index (κ2) is 11.4. The smallest absolute Gasteiger partial charge is 0.225 e. The van der Waals surface area contributed by atoms with Crippen molar-refractivity contribution in [1.82, 2.24) is 19.8 Å². The first kappa shape index (κ1) is 22.8. The Bertz CT molecular complexity index is 832. The number of aromatic nitrogens is 2. The molecule has 2 aliphatic heterocycles. The van der Waals surface area contributed by atoms with E-state index >= 15 is 0 Å². The number of aliphatic hydroxyl groups is 1. The largest absolute Gasteiger partial charge is 0.497 e. The molecule has 174 valence electrons. The number of rotatable bonds is 9. The van der Waals surface area contributed by atoms with E-state index in [4.69, 9.17) is 9.47 Å². The first-order valence-electron chi connectivity index (χ1n) is 11.7. The number of aliphatic hydroxyl groups excluding tert-OH is 1. The van der Waals surface area contributed by atoms with E-state index in [1.807, 2.05) is 18.2 Å². The number of anilines is 1. The molecular weight excluding hydrogens is 406 g/mol. The van der Waals surface area contributed by atoms with Crippen LogP contribution in [0.2, 0.25) is 0 Å². The molecule has 1 aromatic heterocycles. The molecule has 8 heteroatoms. The summed E-state index contributed by atoms with van der Waals surface area (Å²) in [6.45, 7) is 7.68. The van der Waals surface area contributed by atoms with Crippen LogP contribution in [0.3, 0.4) is 0 Å². The molecule has 0 bridgehead atoms. The second-order valence-corrected chi connectivity index (χ2v) is 8.61. The maximum atomic E-state index is 10.5. The number of hydrogen-bond acceptors (Lipinski definition) is 8. The molecule has 0 aliphatic carbocycles. The van der Waals surface area contributed by atoms with Crippen molar-refractivity contribution in [3.05, 3.63) is 42.2 Å². The van der Waals surface area contributed by atoms with E-state index in [0.29, 0.717) is 6.54 Å². The second-order valence-electron chi connectivity index (χ2n) is 8.61. The lowest BCUT2D eigenvalue weighted by molar-refractivity contribution is 0.0750. The normalized spacial score (nSPS) is 19.0. The number of hydrogen-bond donors (Lipinski definition) is 1. The zero-order chi connectivity index (χ0) is 22.2. The maximum absolute atomic E-state index is 10.5. The molecule has 2 saturated heterocycles. The molecule has 0 radical (unpaired) electrons. The Morgan fingerprint density at radius 1 is 0.969 bits per heavy atom. The fourth-order valence-electron chi connectivity index (χ4n) is 4.45. The summed E-state index contributed by atoms with van der Waals surface area (Å²) in [6, 6.07) is 7.83. The van der Waals surface area contributed by atoms with Crippen LogP contribution in [0.25, 0.3) is 0 Å². The van der Waals surface area contributed by atoms with Crippen LogP contribution in [0.4, 0.5) is 5.95 Å². The molecule has 0 saturated carbocycles. The van der Waals surface area contributed by atoms with E-state index in [0.717, 1.165) is 75.2 Å². The van der Waals surface area contributed by atoms with E-state index in [2.05, 4.69) is 30.7 Å². The first-order chi connectivity index (χ1) is 15.7. The number of nitrogens with zero attached hydrogens (tertiary/aromatic N) is 5. The number of benzene rings is 1. The summed E-state index contributed by atoms with van der Waals surface area (Å²) in [5.41, 5.74) is 1.11. The fourth-order valence-corrected chi connectivity index (χ4v) is 4.45.